The molecule has 2 rings (SSSR count). The fourth-order valence-corrected chi connectivity index (χ4v) is 2.40. The van der Waals surface area contributed by atoms with Crippen LogP contribution < -0.4 is 0 Å². The molecule has 1 aromatic heterocycles. The van der Waals surface area contributed by atoms with E-state index in [1.165, 1.54) is 11.1 Å². The summed E-state index contributed by atoms with van der Waals surface area (Å²) in [6.07, 6.45) is 3.77. The molecule has 0 radical (unpaired) electrons. The van der Waals surface area contributed by atoms with Gasteiger partial charge in [0.25, 0.3) is 0 Å². The smallest absolute Gasteiger partial charge is 0.304 e. The predicted molar refractivity (Wildman–Crippen MR) is 75.3 cm³/mol. The number of H-pyrrole nitrogens is 1. The number of hydrogen-bond donors (Lipinski definition) is 2. The molecule has 2 aromatic rings. The van der Waals surface area contributed by atoms with Crippen LogP contribution in [-0.2, 0) is 11.2 Å². The second-order valence-corrected chi connectivity index (χ2v) is 4.89. The Morgan fingerprint density at radius 2 is 2.05 bits per heavy atom. The number of carbonyl (C=O) groups is 1. The lowest BCUT2D eigenvalue weighted by Crippen LogP contribution is -2.08. The first-order valence-corrected chi connectivity index (χ1v) is 6.56. The number of carboxylic acids is 1. The third-order valence-corrected chi connectivity index (χ3v) is 3.51. The fourth-order valence-electron chi connectivity index (χ4n) is 2.40. The highest BCUT2D eigenvalue weighted by Gasteiger charge is 2.16. The zero-order chi connectivity index (χ0) is 13.7. The van der Waals surface area contributed by atoms with Crippen molar-refractivity contribution in [3.05, 3.63) is 59.4 Å². The van der Waals surface area contributed by atoms with Gasteiger partial charge in [0.05, 0.1) is 6.42 Å². The second-order valence-electron chi connectivity index (χ2n) is 4.89. The summed E-state index contributed by atoms with van der Waals surface area (Å²) in [5, 5.41) is 9.02. The summed E-state index contributed by atoms with van der Waals surface area (Å²) in [5.74, 6) is -0.698. The van der Waals surface area contributed by atoms with E-state index in [9.17, 15) is 4.79 Å². The van der Waals surface area contributed by atoms with Crippen LogP contribution in [0.15, 0.2) is 42.6 Å². The highest BCUT2D eigenvalue weighted by molar-refractivity contribution is 5.67. The molecule has 1 heterocycles. The minimum absolute atomic E-state index is 0.0482. The van der Waals surface area contributed by atoms with Crippen LogP contribution in [0.5, 0.6) is 0 Å². The predicted octanol–water partition coefficient (Wildman–Crippen LogP) is 3.51. The Hall–Kier alpha value is -2.03. The molecule has 0 amide bonds. The van der Waals surface area contributed by atoms with Crippen LogP contribution in [0.2, 0.25) is 0 Å². The molecule has 0 spiro atoms. The van der Waals surface area contributed by atoms with Crippen LogP contribution in [-0.4, -0.2) is 16.1 Å². The van der Waals surface area contributed by atoms with Gasteiger partial charge in [-0.2, -0.15) is 0 Å². The summed E-state index contributed by atoms with van der Waals surface area (Å²) in [6, 6.07) is 12.1. The standard InChI is InChI=1S/C16H19NO2/c1-12-5-2-3-6-13(12)8-9-14(11-16(18)19)15-7-4-10-17-15/h2-7,10,14,17H,8-9,11H2,1H3,(H,18,19). The van der Waals surface area contributed by atoms with Crippen LogP contribution >= 0.6 is 0 Å². The van der Waals surface area contributed by atoms with Crippen LogP contribution in [0.25, 0.3) is 0 Å². The molecule has 0 bridgehead atoms. The van der Waals surface area contributed by atoms with Gasteiger partial charge in [0, 0.05) is 17.8 Å². The van der Waals surface area contributed by atoms with Crippen LogP contribution in [0.4, 0.5) is 0 Å². The molecule has 1 unspecified atom stereocenters. The zero-order valence-corrected chi connectivity index (χ0v) is 11.1. The minimum Gasteiger partial charge on any atom is -0.481 e. The van der Waals surface area contributed by atoms with Crippen LogP contribution in [0.3, 0.4) is 0 Å². The Morgan fingerprint density at radius 3 is 2.68 bits per heavy atom. The largest absolute Gasteiger partial charge is 0.481 e. The third-order valence-electron chi connectivity index (χ3n) is 3.51. The summed E-state index contributed by atoms with van der Waals surface area (Å²) >= 11 is 0. The highest BCUT2D eigenvalue weighted by atomic mass is 16.4. The third kappa shape index (κ3) is 3.71. The van der Waals surface area contributed by atoms with Crippen molar-refractivity contribution in [2.45, 2.75) is 32.1 Å². The number of aromatic amines is 1. The lowest BCUT2D eigenvalue weighted by Gasteiger charge is -2.14. The molecule has 3 heteroatoms. The van der Waals surface area contributed by atoms with Crippen molar-refractivity contribution < 1.29 is 9.90 Å². The zero-order valence-electron chi connectivity index (χ0n) is 11.1. The molecular weight excluding hydrogens is 238 g/mol. The van der Waals surface area contributed by atoms with Gasteiger partial charge >= 0.3 is 5.97 Å². The van der Waals surface area contributed by atoms with E-state index >= 15 is 0 Å². The Labute approximate surface area is 113 Å². The van der Waals surface area contributed by atoms with Gasteiger partial charge in [0.15, 0.2) is 0 Å². The first-order chi connectivity index (χ1) is 9.16. The molecule has 0 aliphatic rings. The molecule has 1 atom stereocenters. The van der Waals surface area contributed by atoms with Crippen molar-refractivity contribution in [3.8, 4) is 0 Å². The van der Waals surface area contributed by atoms with Crippen molar-refractivity contribution in [1.29, 1.82) is 0 Å². The average Bonchev–Trinajstić information content (AvgIpc) is 2.89. The van der Waals surface area contributed by atoms with Gasteiger partial charge in [-0.05, 0) is 43.0 Å². The van der Waals surface area contributed by atoms with Crippen LogP contribution in [0, 0.1) is 6.92 Å². The maximum Gasteiger partial charge on any atom is 0.304 e. The number of nitrogens with one attached hydrogen (secondary N) is 1. The van der Waals surface area contributed by atoms with Gasteiger partial charge in [0.2, 0.25) is 0 Å². The van der Waals surface area contributed by atoms with Gasteiger partial charge in [0.1, 0.15) is 0 Å². The topological polar surface area (TPSA) is 53.1 Å². The van der Waals surface area contributed by atoms with Crippen molar-refractivity contribution in [3.63, 3.8) is 0 Å². The van der Waals surface area contributed by atoms with E-state index in [4.69, 9.17) is 5.11 Å². The number of benzene rings is 1. The number of aromatic nitrogens is 1. The van der Waals surface area contributed by atoms with E-state index < -0.39 is 5.97 Å². The van der Waals surface area contributed by atoms with E-state index in [0.29, 0.717) is 0 Å². The molecule has 0 saturated heterocycles. The quantitative estimate of drug-likeness (QED) is 0.832. The van der Waals surface area contributed by atoms with Crippen molar-refractivity contribution in [2.24, 2.45) is 0 Å². The van der Waals surface area contributed by atoms with Gasteiger partial charge in [-0.1, -0.05) is 24.3 Å². The Balaban J connectivity index is 2.05. The molecule has 2 N–H and O–H groups in total. The summed E-state index contributed by atoms with van der Waals surface area (Å²) < 4.78 is 0. The maximum atomic E-state index is 11.0. The number of hydrogen-bond acceptors (Lipinski definition) is 1. The number of aryl methyl sites for hydroxylation is 2. The summed E-state index contributed by atoms with van der Waals surface area (Å²) in [4.78, 5) is 14.1. The molecule has 3 nitrogen and oxygen atoms in total. The molecule has 100 valence electrons. The van der Waals surface area contributed by atoms with Crippen molar-refractivity contribution in [1.82, 2.24) is 4.98 Å². The fraction of sp³-hybridized carbons (Fsp3) is 0.312. The Kier molecular flexibility index (Phi) is 4.39. The molecule has 0 aliphatic heterocycles. The van der Waals surface area contributed by atoms with Crippen molar-refractivity contribution in [2.75, 3.05) is 0 Å². The molecule has 19 heavy (non-hydrogen) atoms. The summed E-state index contributed by atoms with van der Waals surface area (Å²) in [6.45, 7) is 2.09. The van der Waals surface area contributed by atoms with E-state index in [2.05, 4.69) is 24.0 Å². The summed E-state index contributed by atoms with van der Waals surface area (Å²) in [7, 11) is 0. The van der Waals surface area contributed by atoms with Gasteiger partial charge in [-0.25, -0.2) is 0 Å². The molecule has 1 aromatic carbocycles. The molecule has 0 fully saturated rings. The molecule has 0 aliphatic carbocycles. The van der Waals surface area contributed by atoms with Gasteiger partial charge in [-0.15, -0.1) is 0 Å². The van der Waals surface area contributed by atoms with E-state index in [-0.39, 0.29) is 12.3 Å². The molecular formula is C16H19NO2. The Morgan fingerprint density at radius 1 is 1.26 bits per heavy atom. The second kappa shape index (κ2) is 6.23. The Bertz CT molecular complexity index is 531. The van der Waals surface area contributed by atoms with E-state index in [1.807, 2.05) is 30.5 Å². The highest BCUT2D eigenvalue weighted by Crippen LogP contribution is 2.24. The number of aliphatic carboxylic acids is 1. The monoisotopic (exact) mass is 257 g/mol. The number of carboxylic acid groups (broad SMARTS) is 1. The van der Waals surface area contributed by atoms with Gasteiger partial charge in [-0.3, -0.25) is 4.79 Å². The van der Waals surface area contributed by atoms with Crippen LogP contribution in [0.1, 0.15) is 35.6 Å². The summed E-state index contributed by atoms with van der Waals surface area (Å²) in [5.41, 5.74) is 3.57. The maximum absolute atomic E-state index is 11.0. The normalized spacial score (nSPS) is 12.3. The SMILES string of the molecule is Cc1ccccc1CCC(CC(=O)O)c1ccc[nH]1. The molecule has 0 saturated carbocycles. The lowest BCUT2D eigenvalue weighted by molar-refractivity contribution is -0.137. The first-order valence-electron chi connectivity index (χ1n) is 6.56. The lowest BCUT2D eigenvalue weighted by atomic mass is 9.92. The van der Waals surface area contributed by atoms with E-state index in [0.717, 1.165) is 18.5 Å². The number of rotatable bonds is 6. The first kappa shape index (κ1) is 13.4. The van der Waals surface area contributed by atoms with E-state index in [1.54, 1.807) is 0 Å². The average molecular weight is 257 g/mol. The van der Waals surface area contributed by atoms with Crippen molar-refractivity contribution >= 4 is 5.97 Å². The minimum atomic E-state index is -0.746. The van der Waals surface area contributed by atoms with Gasteiger partial charge < -0.3 is 10.1 Å².